The molecule has 2 aromatic rings. The van der Waals surface area contributed by atoms with E-state index in [1.807, 2.05) is 6.92 Å². The van der Waals surface area contributed by atoms with Gasteiger partial charge in [-0.15, -0.1) is 0 Å². The third kappa shape index (κ3) is 4.45. The molecule has 0 bridgehead atoms. The van der Waals surface area contributed by atoms with Gasteiger partial charge in [0.15, 0.2) is 11.5 Å². The molecule has 154 valence electrons. The van der Waals surface area contributed by atoms with Crippen LogP contribution in [0.5, 0.6) is 11.5 Å². The number of ether oxygens (including phenoxy) is 2. The summed E-state index contributed by atoms with van der Waals surface area (Å²) >= 11 is 5.94. The van der Waals surface area contributed by atoms with Crippen molar-refractivity contribution >= 4 is 23.5 Å². The second kappa shape index (κ2) is 8.28. The van der Waals surface area contributed by atoms with E-state index in [-0.39, 0.29) is 17.5 Å². The van der Waals surface area contributed by atoms with Crippen LogP contribution in [-0.2, 0) is 16.0 Å². The minimum Gasteiger partial charge on any atom is -0.475 e. The number of aliphatic hydroxyl groups excluding tert-OH is 1. The van der Waals surface area contributed by atoms with Crippen molar-refractivity contribution < 1.29 is 34.4 Å². The average molecular weight is 422 g/mol. The van der Waals surface area contributed by atoms with Gasteiger partial charge in [0.05, 0.1) is 6.10 Å². The van der Waals surface area contributed by atoms with Gasteiger partial charge < -0.3 is 30.1 Å². The largest absolute Gasteiger partial charge is 0.475 e. The molecule has 0 fully saturated rings. The lowest BCUT2D eigenvalue weighted by Crippen LogP contribution is -2.54. The number of hydrogen-bond donors (Lipinski definition) is 4. The normalized spacial score (nSPS) is 16.2. The van der Waals surface area contributed by atoms with E-state index in [0.717, 1.165) is 5.56 Å². The zero-order chi connectivity index (χ0) is 21.2. The summed E-state index contributed by atoms with van der Waals surface area (Å²) in [6, 6.07) is 11.7. The molecule has 0 saturated heterocycles. The van der Waals surface area contributed by atoms with Gasteiger partial charge in [0.2, 0.25) is 0 Å². The Morgan fingerprint density at radius 3 is 2.45 bits per heavy atom. The zero-order valence-corrected chi connectivity index (χ0v) is 16.2. The number of benzene rings is 2. The molecule has 2 atom stereocenters. The molecule has 0 unspecified atom stereocenters. The van der Waals surface area contributed by atoms with Crippen LogP contribution in [0.2, 0.25) is 5.02 Å². The van der Waals surface area contributed by atoms with Crippen LogP contribution in [0.4, 0.5) is 0 Å². The van der Waals surface area contributed by atoms with Crippen LogP contribution >= 0.6 is 11.6 Å². The van der Waals surface area contributed by atoms with E-state index in [0.29, 0.717) is 23.6 Å². The lowest BCUT2D eigenvalue weighted by atomic mass is 10.1. The van der Waals surface area contributed by atoms with Gasteiger partial charge in [0, 0.05) is 17.6 Å². The Labute approximate surface area is 171 Å². The van der Waals surface area contributed by atoms with Gasteiger partial charge in [0.1, 0.15) is 0 Å². The molecule has 4 N–H and O–H groups in total. The van der Waals surface area contributed by atoms with E-state index in [1.54, 1.807) is 36.4 Å². The summed E-state index contributed by atoms with van der Waals surface area (Å²) in [5.41, 5.74) is 1.50. The summed E-state index contributed by atoms with van der Waals surface area (Å²) in [5, 5.41) is 32.4. The van der Waals surface area contributed by atoms with E-state index < -0.39 is 23.8 Å². The molecule has 3 rings (SSSR count). The molecule has 9 heteroatoms. The summed E-state index contributed by atoms with van der Waals surface area (Å²) in [7, 11) is 0. The van der Waals surface area contributed by atoms with Crippen LogP contribution in [-0.4, -0.2) is 45.6 Å². The van der Waals surface area contributed by atoms with Crippen molar-refractivity contribution in [3.8, 4) is 11.5 Å². The van der Waals surface area contributed by atoms with Crippen LogP contribution < -0.4 is 14.8 Å². The third-order valence-corrected chi connectivity index (χ3v) is 4.75. The summed E-state index contributed by atoms with van der Waals surface area (Å²) in [6.07, 6.45) is -0.189. The molecule has 1 aliphatic heterocycles. The fourth-order valence-electron chi connectivity index (χ4n) is 3.01. The van der Waals surface area contributed by atoms with Gasteiger partial charge in [0.25, 0.3) is 0 Å². The number of rotatable bonds is 8. The topological polar surface area (TPSA) is 125 Å². The van der Waals surface area contributed by atoms with Crippen LogP contribution in [0, 0.1) is 0 Å². The van der Waals surface area contributed by atoms with Gasteiger partial charge in [-0.25, -0.2) is 9.59 Å². The summed E-state index contributed by atoms with van der Waals surface area (Å²) < 4.78 is 10.1. The summed E-state index contributed by atoms with van der Waals surface area (Å²) in [4.78, 5) is 22.6. The predicted octanol–water partition coefficient (Wildman–Crippen LogP) is 2.23. The number of carboxylic acid groups (broad SMARTS) is 2. The number of aliphatic hydroxyl groups is 1. The Balaban J connectivity index is 1.61. The molecule has 1 aliphatic rings. The Hall–Kier alpha value is -2.81. The number of aliphatic carboxylic acids is 2. The van der Waals surface area contributed by atoms with E-state index in [9.17, 15) is 24.9 Å². The van der Waals surface area contributed by atoms with Crippen molar-refractivity contribution in [1.82, 2.24) is 5.32 Å². The highest BCUT2D eigenvalue weighted by molar-refractivity contribution is 6.30. The maximum absolute atomic E-state index is 11.3. The molecule has 0 radical (unpaired) electrons. The highest BCUT2D eigenvalue weighted by Crippen LogP contribution is 2.40. The molecule has 0 saturated carbocycles. The highest BCUT2D eigenvalue weighted by atomic mass is 35.5. The van der Waals surface area contributed by atoms with Crippen LogP contribution in [0.1, 0.15) is 24.2 Å². The molecule has 29 heavy (non-hydrogen) atoms. The fourth-order valence-corrected chi connectivity index (χ4v) is 3.21. The maximum atomic E-state index is 11.3. The molecule has 8 nitrogen and oxygen atoms in total. The number of fused-ring (bicyclic) bond motifs is 1. The maximum Gasteiger partial charge on any atom is 0.453 e. The van der Waals surface area contributed by atoms with Gasteiger partial charge in [-0.05, 0) is 48.7 Å². The quantitative estimate of drug-likeness (QED) is 0.478. The van der Waals surface area contributed by atoms with Crippen molar-refractivity contribution in [3.05, 3.63) is 58.6 Å². The molecule has 1 heterocycles. The summed E-state index contributed by atoms with van der Waals surface area (Å²) in [6.45, 7) is 2.24. The summed E-state index contributed by atoms with van der Waals surface area (Å²) in [5.74, 6) is -6.15. The van der Waals surface area contributed by atoms with Gasteiger partial charge in [-0.1, -0.05) is 29.8 Å². The Bertz CT molecular complexity index is 919. The van der Waals surface area contributed by atoms with E-state index in [2.05, 4.69) is 5.32 Å². The van der Waals surface area contributed by atoms with Gasteiger partial charge >= 0.3 is 17.7 Å². The Kier molecular flexibility index (Phi) is 5.97. The van der Waals surface area contributed by atoms with Crippen LogP contribution in [0.15, 0.2) is 42.5 Å². The van der Waals surface area contributed by atoms with Crippen molar-refractivity contribution in [2.45, 2.75) is 31.3 Å². The number of hydrogen-bond acceptors (Lipinski definition) is 6. The minimum atomic E-state index is -2.77. The molecule has 0 aromatic heterocycles. The third-order valence-electron chi connectivity index (χ3n) is 4.51. The van der Waals surface area contributed by atoms with Crippen LogP contribution in [0.25, 0.3) is 0 Å². The first-order chi connectivity index (χ1) is 13.7. The van der Waals surface area contributed by atoms with Crippen molar-refractivity contribution in [1.29, 1.82) is 0 Å². The number of nitrogens with one attached hydrogen (secondary N) is 1. The molecule has 2 aromatic carbocycles. The first kappa shape index (κ1) is 20.9. The van der Waals surface area contributed by atoms with E-state index in [1.165, 1.54) is 6.07 Å². The van der Waals surface area contributed by atoms with Crippen molar-refractivity contribution in [2.24, 2.45) is 0 Å². The lowest BCUT2D eigenvalue weighted by Gasteiger charge is -2.18. The average Bonchev–Trinajstić information content (AvgIpc) is 3.06. The number of carboxylic acids is 2. The lowest BCUT2D eigenvalue weighted by molar-refractivity contribution is -0.194. The molecular formula is C20H20ClNO7. The zero-order valence-electron chi connectivity index (χ0n) is 15.5. The van der Waals surface area contributed by atoms with Gasteiger partial charge in [-0.3, -0.25) is 0 Å². The standard InChI is InChI=1S/C20H20ClNO7/c1-11(22-10-15(23)13-3-2-4-14(21)9-13)7-12-5-6-16-17(8-12)29-20(28-16,18(24)25)19(26)27/h2-6,8-9,11,15,22-23H,7,10H2,1H3,(H,24,25)(H,26,27)/t11-,15-/m0/s1. The minimum absolute atomic E-state index is 0.0343. The van der Waals surface area contributed by atoms with Gasteiger partial charge in [-0.2, -0.15) is 0 Å². The SMILES string of the molecule is C[C@@H](Cc1ccc2c(c1)OC(C(=O)O)(C(=O)O)O2)NC[C@H](O)c1cccc(Cl)c1. The fraction of sp³-hybridized carbons (Fsp3) is 0.300. The molecule has 0 amide bonds. The monoisotopic (exact) mass is 421 g/mol. The predicted molar refractivity (Wildman–Crippen MR) is 103 cm³/mol. The number of halogens is 1. The first-order valence-corrected chi connectivity index (χ1v) is 9.23. The first-order valence-electron chi connectivity index (χ1n) is 8.86. The van der Waals surface area contributed by atoms with Crippen LogP contribution in [0.3, 0.4) is 0 Å². The molecule has 0 spiro atoms. The Morgan fingerprint density at radius 2 is 1.79 bits per heavy atom. The smallest absolute Gasteiger partial charge is 0.453 e. The Morgan fingerprint density at radius 1 is 1.10 bits per heavy atom. The van der Waals surface area contributed by atoms with E-state index in [4.69, 9.17) is 21.1 Å². The second-order valence-electron chi connectivity index (χ2n) is 6.80. The second-order valence-corrected chi connectivity index (χ2v) is 7.23. The molecule has 0 aliphatic carbocycles. The molecular weight excluding hydrogens is 402 g/mol. The van der Waals surface area contributed by atoms with Crippen molar-refractivity contribution in [2.75, 3.05) is 6.54 Å². The van der Waals surface area contributed by atoms with E-state index >= 15 is 0 Å². The van der Waals surface area contributed by atoms with Crippen molar-refractivity contribution in [3.63, 3.8) is 0 Å². The highest BCUT2D eigenvalue weighted by Gasteiger charge is 2.57. The number of carbonyl (C=O) groups is 2.